The van der Waals surface area contributed by atoms with Gasteiger partial charge in [-0.1, -0.05) is 30.3 Å². The van der Waals surface area contributed by atoms with Crippen molar-refractivity contribution < 1.29 is 27.1 Å². The summed E-state index contributed by atoms with van der Waals surface area (Å²) >= 11 is 0. The summed E-state index contributed by atoms with van der Waals surface area (Å²) in [5, 5.41) is 2.71. The molecule has 0 heterocycles. The van der Waals surface area contributed by atoms with Crippen molar-refractivity contribution in [3.8, 4) is 5.75 Å². The summed E-state index contributed by atoms with van der Waals surface area (Å²) in [5.74, 6) is -0.880. The number of carbonyl (C=O) groups excluding carboxylic acids is 2. The number of sulfonamides is 1. The van der Waals surface area contributed by atoms with Gasteiger partial charge in [0.05, 0.1) is 17.7 Å². The molecule has 10 heteroatoms. The molecule has 0 unspecified atom stereocenters. The molecule has 8 nitrogen and oxygen atoms in total. The Balaban J connectivity index is 1.99. The van der Waals surface area contributed by atoms with Gasteiger partial charge in [0.1, 0.15) is 24.2 Å². The highest BCUT2D eigenvalue weighted by Gasteiger charge is 2.32. The number of benzene rings is 3. The van der Waals surface area contributed by atoms with Gasteiger partial charge in [-0.25, -0.2) is 12.8 Å². The van der Waals surface area contributed by atoms with Gasteiger partial charge in [-0.3, -0.25) is 13.9 Å². The fourth-order valence-electron chi connectivity index (χ4n) is 3.69. The van der Waals surface area contributed by atoms with E-state index in [1.807, 2.05) is 0 Å². The summed E-state index contributed by atoms with van der Waals surface area (Å²) in [6.45, 7) is 3.19. The Bertz CT molecular complexity index is 1300. The number of nitrogens with one attached hydrogen (secondary N) is 1. The zero-order valence-electron chi connectivity index (χ0n) is 20.9. The van der Waals surface area contributed by atoms with Crippen molar-refractivity contribution in [2.45, 2.75) is 31.3 Å². The molecule has 3 aromatic carbocycles. The number of rotatable bonds is 11. The quantitative estimate of drug-likeness (QED) is 0.411. The van der Waals surface area contributed by atoms with Crippen LogP contribution in [0.3, 0.4) is 0 Å². The topological polar surface area (TPSA) is 96.0 Å². The minimum atomic E-state index is -4.19. The van der Waals surface area contributed by atoms with E-state index in [0.717, 1.165) is 22.0 Å². The SMILES string of the molecule is CCNC(=O)[C@@H](C)N(Cc1ccc(OC)cc1)C(=O)CN(c1ccc(F)cc1)S(=O)(=O)c1ccccc1. The molecule has 0 aromatic heterocycles. The molecule has 0 spiro atoms. The number of hydrogen-bond acceptors (Lipinski definition) is 5. The summed E-state index contributed by atoms with van der Waals surface area (Å²) in [4.78, 5) is 27.7. The largest absolute Gasteiger partial charge is 0.497 e. The minimum absolute atomic E-state index is 0.0226. The fourth-order valence-corrected chi connectivity index (χ4v) is 5.12. The van der Waals surface area contributed by atoms with Gasteiger partial charge in [0.25, 0.3) is 10.0 Å². The highest BCUT2D eigenvalue weighted by Crippen LogP contribution is 2.25. The number of amides is 2. The fraction of sp³-hybridized carbons (Fsp3) is 0.259. The molecule has 1 N–H and O–H groups in total. The molecule has 0 aliphatic rings. The van der Waals surface area contributed by atoms with Gasteiger partial charge >= 0.3 is 0 Å². The first-order valence-electron chi connectivity index (χ1n) is 11.7. The van der Waals surface area contributed by atoms with E-state index < -0.39 is 34.3 Å². The van der Waals surface area contributed by atoms with Gasteiger partial charge < -0.3 is 15.0 Å². The average molecular weight is 528 g/mol. The number of hydrogen-bond donors (Lipinski definition) is 1. The number of carbonyl (C=O) groups is 2. The molecule has 0 radical (unpaired) electrons. The van der Waals surface area contributed by atoms with E-state index in [0.29, 0.717) is 12.3 Å². The van der Waals surface area contributed by atoms with Crippen LogP contribution < -0.4 is 14.4 Å². The maximum Gasteiger partial charge on any atom is 0.264 e. The molecule has 0 bridgehead atoms. The van der Waals surface area contributed by atoms with E-state index in [9.17, 15) is 22.4 Å². The number of halogens is 1. The maximum atomic E-state index is 13.7. The summed E-state index contributed by atoms with van der Waals surface area (Å²) in [6, 6.07) is 18.6. The lowest BCUT2D eigenvalue weighted by Crippen LogP contribution is -2.51. The van der Waals surface area contributed by atoms with E-state index in [1.54, 1.807) is 63.4 Å². The smallest absolute Gasteiger partial charge is 0.264 e. The van der Waals surface area contributed by atoms with Gasteiger partial charge in [0, 0.05) is 13.1 Å². The molecule has 196 valence electrons. The summed E-state index contributed by atoms with van der Waals surface area (Å²) < 4.78 is 46.9. The van der Waals surface area contributed by atoms with Crippen molar-refractivity contribution in [1.29, 1.82) is 0 Å². The van der Waals surface area contributed by atoms with Crippen molar-refractivity contribution >= 4 is 27.5 Å². The van der Waals surface area contributed by atoms with Crippen LogP contribution in [0.4, 0.5) is 10.1 Å². The van der Waals surface area contributed by atoms with Crippen molar-refractivity contribution in [3.63, 3.8) is 0 Å². The van der Waals surface area contributed by atoms with Crippen molar-refractivity contribution in [1.82, 2.24) is 10.2 Å². The molecule has 0 aliphatic carbocycles. The molecule has 2 amide bonds. The first-order chi connectivity index (χ1) is 17.7. The third kappa shape index (κ3) is 6.85. The lowest BCUT2D eigenvalue weighted by molar-refractivity contribution is -0.139. The van der Waals surface area contributed by atoms with Gasteiger partial charge in [0.15, 0.2) is 0 Å². The van der Waals surface area contributed by atoms with Crippen molar-refractivity contribution in [2.75, 3.05) is 24.5 Å². The Hall–Kier alpha value is -3.92. The molecule has 37 heavy (non-hydrogen) atoms. The van der Waals surface area contributed by atoms with Crippen LogP contribution in [-0.2, 0) is 26.2 Å². The van der Waals surface area contributed by atoms with Gasteiger partial charge in [-0.05, 0) is 67.9 Å². The van der Waals surface area contributed by atoms with E-state index in [4.69, 9.17) is 4.74 Å². The lowest BCUT2D eigenvalue weighted by atomic mass is 10.1. The summed E-state index contributed by atoms with van der Waals surface area (Å²) in [5.41, 5.74) is 0.846. The van der Waals surface area contributed by atoms with Gasteiger partial charge in [0.2, 0.25) is 11.8 Å². The lowest BCUT2D eigenvalue weighted by Gasteiger charge is -2.32. The van der Waals surface area contributed by atoms with E-state index in [-0.39, 0.29) is 23.0 Å². The number of nitrogens with zero attached hydrogens (tertiary/aromatic N) is 2. The predicted molar refractivity (Wildman–Crippen MR) is 139 cm³/mol. The monoisotopic (exact) mass is 527 g/mol. The number of likely N-dealkylation sites (N-methyl/N-ethyl adjacent to an activating group) is 1. The number of anilines is 1. The van der Waals surface area contributed by atoms with Gasteiger partial charge in [-0.2, -0.15) is 0 Å². The third-order valence-corrected chi connectivity index (χ3v) is 7.54. The Morgan fingerprint density at radius 3 is 2.16 bits per heavy atom. The van der Waals surface area contributed by atoms with Gasteiger partial charge in [-0.15, -0.1) is 0 Å². The summed E-state index contributed by atoms with van der Waals surface area (Å²) in [7, 11) is -2.65. The standard InChI is InChI=1S/C27H30FN3O5S/c1-4-29-27(33)20(2)30(18-21-10-16-24(36-3)17-11-21)26(32)19-31(23-14-12-22(28)13-15-23)37(34,35)25-8-6-5-7-9-25/h5-17,20H,4,18-19H2,1-3H3,(H,29,33)/t20-/m1/s1. The summed E-state index contributed by atoms with van der Waals surface area (Å²) in [6.07, 6.45) is 0. The average Bonchev–Trinajstić information content (AvgIpc) is 2.91. The normalized spacial score (nSPS) is 11.9. The first kappa shape index (κ1) is 27.7. The van der Waals surface area contributed by atoms with E-state index in [2.05, 4.69) is 5.32 Å². The maximum absolute atomic E-state index is 13.7. The van der Waals surface area contributed by atoms with Crippen LogP contribution in [-0.4, -0.2) is 51.4 Å². The molecule has 3 aromatic rings. The minimum Gasteiger partial charge on any atom is -0.497 e. The molecule has 3 rings (SSSR count). The zero-order chi connectivity index (χ0) is 27.0. The molecule has 0 aliphatic heterocycles. The Morgan fingerprint density at radius 2 is 1.59 bits per heavy atom. The third-order valence-electron chi connectivity index (χ3n) is 5.75. The highest BCUT2D eigenvalue weighted by atomic mass is 32.2. The number of ether oxygens (including phenoxy) is 1. The molecular weight excluding hydrogens is 497 g/mol. The Labute approximate surface area is 216 Å². The predicted octanol–water partition coefficient (Wildman–Crippen LogP) is 3.58. The second-order valence-corrected chi connectivity index (χ2v) is 10.1. The van der Waals surface area contributed by atoms with Crippen LogP contribution in [0, 0.1) is 5.82 Å². The van der Waals surface area contributed by atoms with Crippen LogP contribution in [0.5, 0.6) is 5.75 Å². The van der Waals surface area contributed by atoms with Crippen molar-refractivity contribution in [3.05, 3.63) is 90.2 Å². The first-order valence-corrected chi connectivity index (χ1v) is 13.1. The molecule has 0 fully saturated rings. The molecule has 1 atom stereocenters. The van der Waals surface area contributed by atoms with Crippen LogP contribution in [0.25, 0.3) is 0 Å². The van der Waals surface area contributed by atoms with Crippen LogP contribution in [0.1, 0.15) is 19.4 Å². The van der Waals surface area contributed by atoms with Crippen LogP contribution in [0.2, 0.25) is 0 Å². The van der Waals surface area contributed by atoms with E-state index in [1.165, 1.54) is 29.2 Å². The molecule has 0 saturated carbocycles. The van der Waals surface area contributed by atoms with Crippen molar-refractivity contribution in [2.24, 2.45) is 0 Å². The second-order valence-electron chi connectivity index (χ2n) is 8.24. The van der Waals surface area contributed by atoms with E-state index >= 15 is 0 Å². The molecule has 0 saturated heterocycles. The Kier molecular flexibility index (Phi) is 9.24. The Morgan fingerprint density at radius 1 is 0.973 bits per heavy atom. The van der Waals surface area contributed by atoms with Crippen LogP contribution in [0.15, 0.2) is 83.8 Å². The highest BCUT2D eigenvalue weighted by molar-refractivity contribution is 7.92. The number of methoxy groups -OCH3 is 1. The second kappa shape index (κ2) is 12.4. The molecular formula is C27H30FN3O5S. The zero-order valence-corrected chi connectivity index (χ0v) is 21.7. The van der Waals surface area contributed by atoms with Crippen LogP contribution >= 0.6 is 0 Å².